The Labute approximate surface area is 112 Å². The molecule has 2 unspecified atom stereocenters. The normalized spacial score (nSPS) is 14.1. The Bertz CT molecular complexity index is 379. The minimum atomic E-state index is -0.0251. The van der Waals surface area contributed by atoms with Crippen LogP contribution in [0.3, 0.4) is 0 Å². The summed E-state index contributed by atoms with van der Waals surface area (Å²) >= 11 is 11.9. The standard InChI is InChI=1S/C13H17Cl2NO/c1-9(14)7-10(2)16-13(17)8-11-5-3-4-6-12(11)15/h3-6,9-10H,7-8H2,1-2H3,(H,16,17). The summed E-state index contributed by atoms with van der Waals surface area (Å²) in [5, 5.41) is 3.59. The quantitative estimate of drug-likeness (QED) is 0.819. The Morgan fingerprint density at radius 1 is 1.35 bits per heavy atom. The van der Waals surface area contributed by atoms with E-state index in [-0.39, 0.29) is 17.3 Å². The van der Waals surface area contributed by atoms with Crippen LogP contribution >= 0.6 is 23.2 Å². The minimum Gasteiger partial charge on any atom is -0.353 e. The van der Waals surface area contributed by atoms with Gasteiger partial charge in [-0.1, -0.05) is 29.8 Å². The molecule has 1 rings (SSSR count). The predicted octanol–water partition coefficient (Wildman–Crippen LogP) is 3.40. The molecule has 0 aliphatic carbocycles. The van der Waals surface area contributed by atoms with Gasteiger partial charge in [0.15, 0.2) is 0 Å². The highest BCUT2D eigenvalue weighted by atomic mass is 35.5. The largest absolute Gasteiger partial charge is 0.353 e. The summed E-state index contributed by atoms with van der Waals surface area (Å²) in [4.78, 5) is 11.7. The number of halogens is 2. The van der Waals surface area contributed by atoms with Crippen LogP contribution in [0.15, 0.2) is 24.3 Å². The third-order valence-corrected chi connectivity index (χ3v) is 2.94. The van der Waals surface area contributed by atoms with Crippen LogP contribution in [0.25, 0.3) is 0 Å². The van der Waals surface area contributed by atoms with Gasteiger partial charge in [-0.2, -0.15) is 0 Å². The van der Waals surface area contributed by atoms with Crippen molar-refractivity contribution < 1.29 is 4.79 Å². The van der Waals surface area contributed by atoms with Gasteiger partial charge in [0, 0.05) is 16.4 Å². The number of benzene rings is 1. The van der Waals surface area contributed by atoms with E-state index >= 15 is 0 Å². The maximum atomic E-state index is 11.7. The van der Waals surface area contributed by atoms with Crippen molar-refractivity contribution in [1.82, 2.24) is 5.32 Å². The summed E-state index contributed by atoms with van der Waals surface area (Å²) in [7, 11) is 0. The van der Waals surface area contributed by atoms with Crippen LogP contribution in [0.4, 0.5) is 0 Å². The van der Waals surface area contributed by atoms with Crippen molar-refractivity contribution in [3.05, 3.63) is 34.9 Å². The molecule has 1 aromatic rings. The van der Waals surface area contributed by atoms with Gasteiger partial charge in [-0.3, -0.25) is 4.79 Å². The fourth-order valence-electron chi connectivity index (χ4n) is 1.69. The van der Waals surface area contributed by atoms with E-state index in [9.17, 15) is 4.79 Å². The molecule has 2 nitrogen and oxygen atoms in total. The zero-order valence-corrected chi connectivity index (χ0v) is 11.6. The molecule has 0 aliphatic rings. The van der Waals surface area contributed by atoms with Crippen LogP contribution in [0.5, 0.6) is 0 Å². The SMILES string of the molecule is CC(Cl)CC(C)NC(=O)Cc1ccccc1Cl. The molecule has 2 atom stereocenters. The number of alkyl halides is 1. The molecule has 0 aromatic heterocycles. The number of hydrogen-bond donors (Lipinski definition) is 1. The lowest BCUT2D eigenvalue weighted by molar-refractivity contribution is -0.121. The maximum Gasteiger partial charge on any atom is 0.224 e. The number of amides is 1. The smallest absolute Gasteiger partial charge is 0.224 e. The van der Waals surface area contributed by atoms with Crippen molar-refractivity contribution in [2.45, 2.75) is 38.1 Å². The fraction of sp³-hybridized carbons (Fsp3) is 0.462. The van der Waals surface area contributed by atoms with Gasteiger partial charge in [-0.15, -0.1) is 11.6 Å². The molecule has 1 aromatic carbocycles. The van der Waals surface area contributed by atoms with E-state index in [2.05, 4.69) is 5.32 Å². The number of carbonyl (C=O) groups is 1. The fourth-order valence-corrected chi connectivity index (χ4v) is 2.16. The van der Waals surface area contributed by atoms with Crippen molar-refractivity contribution >= 4 is 29.1 Å². The van der Waals surface area contributed by atoms with Crippen molar-refractivity contribution in [3.63, 3.8) is 0 Å². The lowest BCUT2D eigenvalue weighted by atomic mass is 10.1. The van der Waals surface area contributed by atoms with Crippen LogP contribution in [-0.2, 0) is 11.2 Å². The second kappa shape index (κ2) is 6.87. The first-order valence-electron chi connectivity index (χ1n) is 5.66. The first-order chi connectivity index (χ1) is 7.99. The van der Waals surface area contributed by atoms with Crippen LogP contribution in [0.1, 0.15) is 25.8 Å². The second-order valence-corrected chi connectivity index (χ2v) is 5.41. The Hall–Kier alpha value is -0.730. The Balaban J connectivity index is 2.47. The predicted molar refractivity (Wildman–Crippen MR) is 72.7 cm³/mol. The third-order valence-electron chi connectivity index (χ3n) is 2.39. The maximum absolute atomic E-state index is 11.7. The Morgan fingerprint density at radius 3 is 2.59 bits per heavy atom. The molecule has 17 heavy (non-hydrogen) atoms. The zero-order chi connectivity index (χ0) is 12.8. The van der Waals surface area contributed by atoms with E-state index in [0.717, 1.165) is 12.0 Å². The minimum absolute atomic E-state index is 0.0251. The molecule has 1 amide bonds. The Kier molecular flexibility index (Phi) is 5.79. The summed E-state index contributed by atoms with van der Waals surface area (Å²) in [5.41, 5.74) is 0.845. The summed E-state index contributed by atoms with van der Waals surface area (Å²) in [5.74, 6) is -0.0251. The number of carbonyl (C=O) groups excluding carboxylic acids is 1. The topological polar surface area (TPSA) is 29.1 Å². The van der Waals surface area contributed by atoms with Gasteiger partial charge in [0.1, 0.15) is 0 Å². The molecule has 0 spiro atoms. The molecule has 0 radical (unpaired) electrons. The van der Waals surface area contributed by atoms with Gasteiger partial charge in [0.05, 0.1) is 6.42 Å². The molecule has 0 heterocycles. The van der Waals surface area contributed by atoms with Crippen molar-refractivity contribution in [1.29, 1.82) is 0 Å². The highest BCUT2D eigenvalue weighted by Gasteiger charge is 2.11. The first-order valence-corrected chi connectivity index (χ1v) is 6.47. The van der Waals surface area contributed by atoms with Crippen LogP contribution in [-0.4, -0.2) is 17.3 Å². The van der Waals surface area contributed by atoms with Crippen molar-refractivity contribution in [2.75, 3.05) is 0 Å². The van der Waals surface area contributed by atoms with E-state index in [4.69, 9.17) is 23.2 Å². The lowest BCUT2D eigenvalue weighted by Gasteiger charge is -2.15. The number of rotatable bonds is 5. The van der Waals surface area contributed by atoms with Crippen LogP contribution in [0, 0.1) is 0 Å². The van der Waals surface area contributed by atoms with Gasteiger partial charge in [0.25, 0.3) is 0 Å². The highest BCUT2D eigenvalue weighted by molar-refractivity contribution is 6.31. The zero-order valence-electron chi connectivity index (χ0n) is 10.0. The second-order valence-electron chi connectivity index (χ2n) is 4.25. The van der Waals surface area contributed by atoms with E-state index in [1.54, 1.807) is 6.07 Å². The number of hydrogen-bond acceptors (Lipinski definition) is 1. The summed E-state index contributed by atoms with van der Waals surface area (Å²) < 4.78 is 0. The van der Waals surface area contributed by atoms with Gasteiger partial charge in [-0.25, -0.2) is 0 Å². The molecule has 0 aliphatic heterocycles. The summed E-state index contributed by atoms with van der Waals surface area (Å²) in [6, 6.07) is 7.45. The van der Waals surface area contributed by atoms with E-state index in [0.29, 0.717) is 11.4 Å². The third kappa shape index (κ3) is 5.42. The van der Waals surface area contributed by atoms with Gasteiger partial charge in [-0.05, 0) is 31.9 Å². The van der Waals surface area contributed by atoms with E-state index in [1.807, 2.05) is 32.0 Å². The average molecular weight is 274 g/mol. The summed E-state index contributed by atoms with van der Waals surface area (Å²) in [6.45, 7) is 3.86. The molecule has 0 bridgehead atoms. The van der Waals surface area contributed by atoms with Gasteiger partial charge < -0.3 is 5.32 Å². The first kappa shape index (κ1) is 14.3. The monoisotopic (exact) mass is 273 g/mol. The molecule has 4 heteroatoms. The molecule has 0 saturated carbocycles. The van der Waals surface area contributed by atoms with Crippen LogP contribution in [0.2, 0.25) is 5.02 Å². The van der Waals surface area contributed by atoms with Crippen molar-refractivity contribution in [2.24, 2.45) is 0 Å². The van der Waals surface area contributed by atoms with E-state index < -0.39 is 0 Å². The van der Waals surface area contributed by atoms with Crippen LogP contribution < -0.4 is 5.32 Å². The lowest BCUT2D eigenvalue weighted by Crippen LogP contribution is -2.35. The molecule has 1 N–H and O–H groups in total. The molecule has 94 valence electrons. The van der Waals surface area contributed by atoms with Crippen molar-refractivity contribution in [3.8, 4) is 0 Å². The Morgan fingerprint density at radius 2 is 2.00 bits per heavy atom. The molecular weight excluding hydrogens is 257 g/mol. The van der Waals surface area contributed by atoms with Gasteiger partial charge in [0.2, 0.25) is 5.91 Å². The average Bonchev–Trinajstić information content (AvgIpc) is 2.19. The molecular formula is C13H17Cl2NO. The number of nitrogens with one attached hydrogen (secondary N) is 1. The van der Waals surface area contributed by atoms with E-state index in [1.165, 1.54) is 0 Å². The van der Waals surface area contributed by atoms with Gasteiger partial charge >= 0.3 is 0 Å². The molecule has 0 saturated heterocycles. The summed E-state index contributed by atoms with van der Waals surface area (Å²) in [6.07, 6.45) is 1.07. The molecule has 0 fully saturated rings. The highest BCUT2D eigenvalue weighted by Crippen LogP contribution is 2.15.